The maximum atomic E-state index is 11.7. The third-order valence-corrected chi connectivity index (χ3v) is 3.51. The molecule has 1 amide bonds. The molecular weight excluding hydrogens is 282 g/mol. The molecule has 122 valence electrons. The molecule has 0 aromatic heterocycles. The fourth-order valence-corrected chi connectivity index (χ4v) is 2.05. The minimum absolute atomic E-state index is 0.211. The molecule has 2 N–H and O–H groups in total. The minimum atomic E-state index is -1.21. The normalized spacial score (nSPS) is 11.0. The summed E-state index contributed by atoms with van der Waals surface area (Å²) in [4.78, 5) is 22.6. The molecule has 0 spiro atoms. The first kappa shape index (κ1) is 18.0. The SMILES string of the molecule is COc1ccc(CCCCCC(=O)NC(C)(C)C(=O)O)cc1. The molecule has 0 unspecified atom stereocenters. The molecule has 0 aliphatic rings. The number of aryl methyl sites for hydroxylation is 1. The van der Waals surface area contributed by atoms with Gasteiger partial charge in [-0.3, -0.25) is 4.79 Å². The molecule has 1 rings (SSSR count). The van der Waals surface area contributed by atoms with E-state index in [2.05, 4.69) is 5.32 Å². The number of rotatable bonds is 9. The van der Waals surface area contributed by atoms with Crippen LogP contribution in [0.4, 0.5) is 0 Å². The van der Waals surface area contributed by atoms with Gasteiger partial charge in [-0.2, -0.15) is 0 Å². The van der Waals surface area contributed by atoms with Crippen LogP contribution in [-0.4, -0.2) is 29.6 Å². The molecule has 0 atom stereocenters. The van der Waals surface area contributed by atoms with Crippen molar-refractivity contribution >= 4 is 11.9 Å². The highest BCUT2D eigenvalue weighted by Gasteiger charge is 2.28. The number of benzene rings is 1. The van der Waals surface area contributed by atoms with Crippen LogP contribution in [0.25, 0.3) is 0 Å². The van der Waals surface area contributed by atoms with Gasteiger partial charge in [0.15, 0.2) is 0 Å². The van der Waals surface area contributed by atoms with Crippen LogP contribution >= 0.6 is 0 Å². The van der Waals surface area contributed by atoms with Gasteiger partial charge in [-0.25, -0.2) is 4.79 Å². The standard InChI is InChI=1S/C17H25NO4/c1-17(2,16(20)21)18-15(19)8-6-4-5-7-13-9-11-14(22-3)12-10-13/h9-12H,4-8H2,1-3H3,(H,18,19)(H,20,21). The lowest BCUT2D eigenvalue weighted by molar-refractivity contribution is -0.146. The van der Waals surface area contributed by atoms with Crippen LogP contribution in [0, 0.1) is 0 Å². The number of nitrogens with one attached hydrogen (secondary N) is 1. The third kappa shape index (κ3) is 6.16. The smallest absolute Gasteiger partial charge is 0.328 e. The van der Waals surface area contributed by atoms with Crippen molar-refractivity contribution in [1.29, 1.82) is 0 Å². The van der Waals surface area contributed by atoms with Gasteiger partial charge in [-0.15, -0.1) is 0 Å². The van der Waals surface area contributed by atoms with E-state index in [1.165, 1.54) is 19.4 Å². The Morgan fingerprint density at radius 1 is 1.14 bits per heavy atom. The number of hydrogen-bond donors (Lipinski definition) is 2. The lowest BCUT2D eigenvalue weighted by Crippen LogP contribution is -2.49. The Kier molecular flexibility index (Phi) is 6.89. The van der Waals surface area contributed by atoms with Crippen molar-refractivity contribution in [3.05, 3.63) is 29.8 Å². The number of unbranched alkanes of at least 4 members (excludes halogenated alkanes) is 2. The van der Waals surface area contributed by atoms with Crippen molar-refractivity contribution in [2.75, 3.05) is 7.11 Å². The van der Waals surface area contributed by atoms with Gasteiger partial charge in [0.05, 0.1) is 7.11 Å². The van der Waals surface area contributed by atoms with Crippen LogP contribution in [0.2, 0.25) is 0 Å². The summed E-state index contributed by atoms with van der Waals surface area (Å²) in [5, 5.41) is 11.5. The third-order valence-electron chi connectivity index (χ3n) is 3.51. The highest BCUT2D eigenvalue weighted by Crippen LogP contribution is 2.14. The van der Waals surface area contributed by atoms with Gasteiger partial charge in [-0.1, -0.05) is 18.6 Å². The number of hydrogen-bond acceptors (Lipinski definition) is 3. The Bertz CT molecular complexity index is 494. The molecule has 0 saturated heterocycles. The molecular formula is C17H25NO4. The van der Waals surface area contributed by atoms with Crippen LogP contribution in [0.3, 0.4) is 0 Å². The first-order valence-electron chi connectivity index (χ1n) is 7.52. The molecule has 5 nitrogen and oxygen atoms in total. The Labute approximate surface area is 131 Å². The average Bonchev–Trinajstić information content (AvgIpc) is 2.47. The summed E-state index contributed by atoms with van der Waals surface area (Å²) < 4.78 is 5.11. The van der Waals surface area contributed by atoms with E-state index in [9.17, 15) is 9.59 Å². The first-order chi connectivity index (χ1) is 10.3. The number of carbonyl (C=O) groups is 2. The van der Waals surface area contributed by atoms with Gasteiger partial charge < -0.3 is 15.2 Å². The van der Waals surface area contributed by atoms with Gasteiger partial charge in [-0.05, 0) is 50.8 Å². The molecule has 22 heavy (non-hydrogen) atoms. The zero-order valence-corrected chi connectivity index (χ0v) is 13.5. The summed E-state index contributed by atoms with van der Waals surface area (Å²) in [6.07, 6.45) is 4.03. The fourth-order valence-electron chi connectivity index (χ4n) is 2.05. The van der Waals surface area contributed by atoms with Gasteiger partial charge in [0, 0.05) is 6.42 Å². The van der Waals surface area contributed by atoms with Crippen LogP contribution in [-0.2, 0) is 16.0 Å². The number of methoxy groups -OCH3 is 1. The quantitative estimate of drug-likeness (QED) is 0.688. The van der Waals surface area contributed by atoms with E-state index >= 15 is 0 Å². The molecule has 0 heterocycles. The van der Waals surface area contributed by atoms with Crippen LogP contribution in [0.15, 0.2) is 24.3 Å². The van der Waals surface area contributed by atoms with Crippen LogP contribution < -0.4 is 10.1 Å². The monoisotopic (exact) mass is 307 g/mol. The first-order valence-corrected chi connectivity index (χ1v) is 7.52. The zero-order chi connectivity index (χ0) is 16.6. The van der Waals surface area contributed by atoms with Crippen molar-refractivity contribution in [2.24, 2.45) is 0 Å². The van der Waals surface area contributed by atoms with Crippen molar-refractivity contribution in [2.45, 2.75) is 51.5 Å². The molecule has 0 aliphatic heterocycles. The van der Waals surface area contributed by atoms with E-state index in [0.717, 1.165) is 31.4 Å². The topological polar surface area (TPSA) is 75.6 Å². The molecule has 5 heteroatoms. The second kappa shape index (κ2) is 8.41. The zero-order valence-electron chi connectivity index (χ0n) is 13.5. The second-order valence-corrected chi connectivity index (χ2v) is 5.89. The largest absolute Gasteiger partial charge is 0.497 e. The Hall–Kier alpha value is -2.04. The Morgan fingerprint density at radius 3 is 2.32 bits per heavy atom. The fraction of sp³-hybridized carbons (Fsp3) is 0.529. The number of amides is 1. The molecule has 0 bridgehead atoms. The van der Waals surface area contributed by atoms with Gasteiger partial charge >= 0.3 is 5.97 Å². The number of aliphatic carboxylic acids is 1. The van der Waals surface area contributed by atoms with E-state index in [-0.39, 0.29) is 5.91 Å². The molecule has 0 radical (unpaired) electrons. The summed E-state index contributed by atoms with van der Waals surface area (Å²) in [7, 11) is 1.64. The maximum absolute atomic E-state index is 11.7. The molecule has 0 aliphatic carbocycles. The van der Waals surface area contributed by atoms with E-state index in [1.54, 1.807) is 7.11 Å². The van der Waals surface area contributed by atoms with Crippen LogP contribution in [0.1, 0.15) is 45.1 Å². The Morgan fingerprint density at radius 2 is 1.77 bits per heavy atom. The number of carboxylic acids is 1. The second-order valence-electron chi connectivity index (χ2n) is 5.89. The van der Waals surface area contributed by atoms with Gasteiger partial charge in [0.2, 0.25) is 5.91 Å². The van der Waals surface area contributed by atoms with Crippen molar-refractivity contribution < 1.29 is 19.4 Å². The lowest BCUT2D eigenvalue weighted by Gasteiger charge is -2.20. The summed E-state index contributed by atoms with van der Waals surface area (Å²) in [5.41, 5.74) is 0.0393. The number of carbonyl (C=O) groups excluding carboxylic acids is 1. The lowest BCUT2D eigenvalue weighted by atomic mass is 10.0. The summed E-state index contributed by atoms with van der Waals surface area (Å²) in [5.74, 6) is -0.390. The van der Waals surface area contributed by atoms with E-state index in [1.807, 2.05) is 24.3 Å². The average molecular weight is 307 g/mol. The summed E-state index contributed by atoms with van der Waals surface area (Å²) >= 11 is 0. The Balaban J connectivity index is 2.19. The summed E-state index contributed by atoms with van der Waals surface area (Å²) in [6, 6.07) is 7.97. The van der Waals surface area contributed by atoms with Crippen molar-refractivity contribution in [3.63, 3.8) is 0 Å². The maximum Gasteiger partial charge on any atom is 0.328 e. The summed E-state index contributed by atoms with van der Waals surface area (Å²) in [6.45, 7) is 2.97. The molecule has 0 saturated carbocycles. The van der Waals surface area contributed by atoms with Gasteiger partial charge in [0.25, 0.3) is 0 Å². The van der Waals surface area contributed by atoms with Crippen LogP contribution in [0.5, 0.6) is 5.75 Å². The van der Waals surface area contributed by atoms with Crippen molar-refractivity contribution in [3.8, 4) is 5.75 Å². The highest BCUT2D eigenvalue weighted by atomic mass is 16.5. The van der Waals surface area contributed by atoms with E-state index in [0.29, 0.717) is 6.42 Å². The van der Waals surface area contributed by atoms with E-state index in [4.69, 9.17) is 9.84 Å². The predicted octanol–water partition coefficient (Wildman–Crippen LogP) is 2.78. The predicted molar refractivity (Wildman–Crippen MR) is 85.0 cm³/mol. The number of carboxylic acid groups (broad SMARTS) is 1. The molecule has 1 aromatic carbocycles. The van der Waals surface area contributed by atoms with Gasteiger partial charge in [0.1, 0.15) is 11.3 Å². The molecule has 1 aromatic rings. The highest BCUT2D eigenvalue weighted by molar-refractivity contribution is 5.86. The molecule has 0 fully saturated rings. The van der Waals surface area contributed by atoms with E-state index < -0.39 is 11.5 Å². The number of ether oxygens (including phenoxy) is 1. The minimum Gasteiger partial charge on any atom is -0.497 e. The van der Waals surface area contributed by atoms with Crippen molar-refractivity contribution in [1.82, 2.24) is 5.32 Å².